The lowest BCUT2D eigenvalue weighted by atomic mass is 10.2. The molecule has 0 unspecified atom stereocenters. The number of amides is 2. The summed E-state index contributed by atoms with van der Waals surface area (Å²) in [7, 11) is 0. The van der Waals surface area contributed by atoms with E-state index in [2.05, 4.69) is 5.43 Å². The van der Waals surface area contributed by atoms with E-state index >= 15 is 0 Å². The number of carbonyl (C=O) groups excluding carboxylic acids is 2. The Balaban J connectivity index is 1.90. The number of hydrogen-bond donors (Lipinski definition) is 2. The van der Waals surface area contributed by atoms with Gasteiger partial charge in [0.1, 0.15) is 5.75 Å². The highest BCUT2D eigenvalue weighted by Crippen LogP contribution is 2.35. The molecule has 0 saturated heterocycles. The van der Waals surface area contributed by atoms with Gasteiger partial charge in [0, 0.05) is 0 Å². The quantitative estimate of drug-likeness (QED) is 0.810. The van der Waals surface area contributed by atoms with E-state index in [4.69, 9.17) is 16.3 Å². The van der Waals surface area contributed by atoms with Gasteiger partial charge < -0.3 is 4.74 Å². The third-order valence-electron chi connectivity index (χ3n) is 2.99. The van der Waals surface area contributed by atoms with Crippen LogP contribution in [0.15, 0.2) is 48.5 Å². The zero-order valence-corrected chi connectivity index (χ0v) is 13.3. The molecule has 9 heteroatoms. The van der Waals surface area contributed by atoms with Gasteiger partial charge in [0.05, 0.1) is 16.1 Å². The molecule has 25 heavy (non-hydrogen) atoms. The van der Waals surface area contributed by atoms with Gasteiger partial charge in [-0.1, -0.05) is 35.9 Å². The van der Waals surface area contributed by atoms with Crippen molar-refractivity contribution in [3.63, 3.8) is 0 Å². The molecule has 2 N–H and O–H groups in total. The maximum absolute atomic E-state index is 12.8. The van der Waals surface area contributed by atoms with Crippen LogP contribution in [-0.4, -0.2) is 18.4 Å². The summed E-state index contributed by atoms with van der Waals surface area (Å²) in [5.74, 6) is -1.99. The Kier molecular flexibility index (Phi) is 5.87. The Morgan fingerprint density at radius 1 is 1.00 bits per heavy atom. The summed E-state index contributed by atoms with van der Waals surface area (Å²) in [6.07, 6.45) is -4.61. The van der Waals surface area contributed by atoms with Gasteiger partial charge in [0.25, 0.3) is 11.8 Å². The number of hydrogen-bond acceptors (Lipinski definition) is 3. The largest absolute Gasteiger partial charge is 0.483 e. The van der Waals surface area contributed by atoms with E-state index in [0.29, 0.717) is 0 Å². The highest BCUT2D eigenvalue weighted by molar-refractivity contribution is 6.33. The van der Waals surface area contributed by atoms with Gasteiger partial charge in [-0.25, -0.2) is 0 Å². The molecule has 0 aliphatic carbocycles. The van der Waals surface area contributed by atoms with Crippen LogP contribution in [0.1, 0.15) is 15.9 Å². The highest BCUT2D eigenvalue weighted by Gasteiger charge is 2.34. The first-order chi connectivity index (χ1) is 11.8. The van der Waals surface area contributed by atoms with E-state index in [9.17, 15) is 22.8 Å². The van der Waals surface area contributed by atoms with Crippen LogP contribution in [0.4, 0.5) is 13.2 Å². The first kappa shape index (κ1) is 18.6. The number of halogens is 4. The van der Waals surface area contributed by atoms with Crippen LogP contribution in [0.25, 0.3) is 0 Å². The van der Waals surface area contributed by atoms with Gasteiger partial charge >= 0.3 is 6.18 Å². The molecule has 0 fully saturated rings. The fraction of sp³-hybridized carbons (Fsp3) is 0.125. The number of alkyl halides is 3. The lowest BCUT2D eigenvalue weighted by Gasteiger charge is -2.14. The molecule has 0 bridgehead atoms. The number of carbonyl (C=O) groups is 2. The monoisotopic (exact) mass is 372 g/mol. The third kappa shape index (κ3) is 5.12. The molecule has 5 nitrogen and oxygen atoms in total. The molecule has 0 spiro atoms. The van der Waals surface area contributed by atoms with Crippen molar-refractivity contribution >= 4 is 23.4 Å². The summed E-state index contributed by atoms with van der Waals surface area (Å²) in [5, 5.41) is 0.185. The molecule has 0 aromatic heterocycles. The van der Waals surface area contributed by atoms with Gasteiger partial charge in [-0.15, -0.1) is 0 Å². The number of hydrazine groups is 1. The van der Waals surface area contributed by atoms with Crippen molar-refractivity contribution in [2.45, 2.75) is 6.18 Å². The second kappa shape index (κ2) is 7.89. The Morgan fingerprint density at radius 3 is 2.32 bits per heavy atom. The van der Waals surface area contributed by atoms with Crippen LogP contribution in [0.2, 0.25) is 5.02 Å². The zero-order valence-electron chi connectivity index (χ0n) is 12.6. The number of rotatable bonds is 4. The van der Waals surface area contributed by atoms with Crippen molar-refractivity contribution in [1.29, 1.82) is 0 Å². The van der Waals surface area contributed by atoms with Crippen LogP contribution in [0.3, 0.4) is 0 Å². The van der Waals surface area contributed by atoms with E-state index < -0.39 is 35.9 Å². The van der Waals surface area contributed by atoms with Gasteiger partial charge in [0.15, 0.2) is 6.61 Å². The first-order valence-corrected chi connectivity index (χ1v) is 7.29. The summed E-state index contributed by atoms with van der Waals surface area (Å²) in [5.41, 5.74) is 3.26. The molecule has 0 heterocycles. The second-order valence-corrected chi connectivity index (χ2v) is 5.17. The maximum atomic E-state index is 12.8. The summed E-state index contributed by atoms with van der Waals surface area (Å²) in [4.78, 5) is 23.5. The van der Waals surface area contributed by atoms with Gasteiger partial charge in [-0.2, -0.15) is 13.2 Å². The minimum Gasteiger partial charge on any atom is -0.483 e. The molecule has 2 aromatic carbocycles. The van der Waals surface area contributed by atoms with Crippen LogP contribution in [-0.2, 0) is 11.0 Å². The van der Waals surface area contributed by atoms with Crippen LogP contribution in [0.5, 0.6) is 5.75 Å². The standard InChI is InChI=1S/C16H12ClF3N2O3/c17-12-7-3-1-5-10(12)15(24)22-21-14(23)9-25-13-8-4-2-6-11(13)16(18,19)20/h1-8H,9H2,(H,21,23)(H,22,24). The number of benzene rings is 2. The number of para-hydroxylation sites is 1. The minimum absolute atomic E-state index is 0.132. The predicted molar refractivity (Wildman–Crippen MR) is 84.0 cm³/mol. The molecule has 0 saturated carbocycles. The molecule has 0 atom stereocenters. The van der Waals surface area contributed by atoms with Crippen molar-refractivity contribution < 1.29 is 27.5 Å². The first-order valence-electron chi connectivity index (χ1n) is 6.92. The average Bonchev–Trinajstić information content (AvgIpc) is 2.57. The van der Waals surface area contributed by atoms with E-state index in [1.807, 2.05) is 5.43 Å². The zero-order chi connectivity index (χ0) is 18.4. The van der Waals surface area contributed by atoms with Gasteiger partial charge in [-0.05, 0) is 24.3 Å². The lowest BCUT2D eigenvalue weighted by molar-refractivity contribution is -0.139. The van der Waals surface area contributed by atoms with Crippen molar-refractivity contribution in [3.05, 3.63) is 64.7 Å². The fourth-order valence-corrected chi connectivity index (χ4v) is 2.07. The van der Waals surface area contributed by atoms with Gasteiger partial charge in [0.2, 0.25) is 0 Å². The Hall–Kier alpha value is -2.74. The predicted octanol–water partition coefficient (Wildman–Crippen LogP) is 3.20. The van der Waals surface area contributed by atoms with Crippen LogP contribution < -0.4 is 15.6 Å². The van der Waals surface area contributed by atoms with E-state index in [-0.39, 0.29) is 10.6 Å². The molecule has 2 amide bonds. The topological polar surface area (TPSA) is 67.4 Å². The molecule has 0 aliphatic rings. The molecule has 2 rings (SSSR count). The molecule has 0 aliphatic heterocycles. The van der Waals surface area contributed by atoms with Crippen molar-refractivity contribution in [3.8, 4) is 5.75 Å². The number of nitrogens with one attached hydrogen (secondary N) is 2. The summed E-state index contributed by atoms with van der Waals surface area (Å²) >= 11 is 5.83. The number of ether oxygens (including phenoxy) is 1. The van der Waals surface area contributed by atoms with Crippen LogP contribution >= 0.6 is 11.6 Å². The highest BCUT2D eigenvalue weighted by atomic mass is 35.5. The Labute approximate surface area is 145 Å². The summed E-state index contributed by atoms with van der Waals surface area (Å²) in [6.45, 7) is -0.712. The van der Waals surface area contributed by atoms with Crippen LogP contribution in [0, 0.1) is 0 Å². The van der Waals surface area contributed by atoms with Crippen molar-refractivity contribution in [1.82, 2.24) is 10.9 Å². The van der Waals surface area contributed by atoms with Crippen molar-refractivity contribution in [2.24, 2.45) is 0 Å². The summed E-state index contributed by atoms with van der Waals surface area (Å²) < 4.78 is 43.3. The molecule has 132 valence electrons. The third-order valence-corrected chi connectivity index (χ3v) is 3.31. The Morgan fingerprint density at radius 2 is 1.64 bits per heavy atom. The minimum atomic E-state index is -4.61. The molecule has 0 radical (unpaired) electrons. The SMILES string of the molecule is O=C(COc1ccccc1C(F)(F)F)NNC(=O)c1ccccc1Cl. The van der Waals surface area contributed by atoms with E-state index in [0.717, 1.165) is 12.1 Å². The fourth-order valence-electron chi connectivity index (χ4n) is 1.85. The maximum Gasteiger partial charge on any atom is 0.419 e. The summed E-state index contributed by atoms with van der Waals surface area (Å²) in [6, 6.07) is 10.6. The molecular formula is C16H12ClF3N2O3. The Bertz CT molecular complexity index is 781. The second-order valence-electron chi connectivity index (χ2n) is 4.76. The lowest BCUT2D eigenvalue weighted by Crippen LogP contribution is -2.44. The van der Waals surface area contributed by atoms with Gasteiger partial charge in [-0.3, -0.25) is 20.4 Å². The smallest absolute Gasteiger partial charge is 0.419 e. The molecule has 2 aromatic rings. The van der Waals surface area contributed by atoms with E-state index in [1.165, 1.54) is 24.3 Å². The van der Waals surface area contributed by atoms with E-state index in [1.54, 1.807) is 12.1 Å². The normalized spacial score (nSPS) is 10.9. The average molecular weight is 373 g/mol. The van der Waals surface area contributed by atoms with Crippen molar-refractivity contribution in [2.75, 3.05) is 6.61 Å². The molecular weight excluding hydrogens is 361 g/mol.